The van der Waals surface area contributed by atoms with Crippen molar-refractivity contribution in [3.05, 3.63) is 30.1 Å². The molecule has 2 fully saturated rings. The van der Waals surface area contributed by atoms with E-state index in [0.717, 1.165) is 57.8 Å². The first-order chi connectivity index (χ1) is 10.1. The average Bonchev–Trinajstić information content (AvgIpc) is 2.76. The average molecular weight is 293 g/mol. The van der Waals surface area contributed by atoms with Crippen LogP contribution in [0, 0.1) is 5.82 Å². The quantitative estimate of drug-likeness (QED) is 0.874. The number of anilines is 1. The molecule has 2 saturated heterocycles. The monoisotopic (exact) mass is 293 g/mol. The van der Waals surface area contributed by atoms with Gasteiger partial charge in [-0.1, -0.05) is 0 Å². The molecule has 2 aliphatic heterocycles. The van der Waals surface area contributed by atoms with Crippen LogP contribution in [0.15, 0.2) is 24.3 Å². The van der Waals surface area contributed by atoms with Crippen molar-refractivity contribution in [2.75, 3.05) is 50.7 Å². The van der Waals surface area contributed by atoms with Gasteiger partial charge in [0.05, 0.1) is 5.60 Å². The zero-order chi connectivity index (χ0) is 14.7. The number of benzene rings is 1. The van der Waals surface area contributed by atoms with Crippen molar-refractivity contribution in [3.8, 4) is 0 Å². The Labute approximate surface area is 125 Å². The summed E-state index contributed by atoms with van der Waals surface area (Å²) >= 11 is 0. The van der Waals surface area contributed by atoms with Crippen molar-refractivity contribution in [3.63, 3.8) is 0 Å². The molecule has 0 bridgehead atoms. The van der Waals surface area contributed by atoms with Crippen LogP contribution in [-0.2, 0) is 0 Å². The van der Waals surface area contributed by atoms with Crippen LogP contribution in [0.25, 0.3) is 0 Å². The van der Waals surface area contributed by atoms with Gasteiger partial charge in [0.2, 0.25) is 0 Å². The Morgan fingerprint density at radius 3 is 2.67 bits per heavy atom. The van der Waals surface area contributed by atoms with Crippen LogP contribution in [0.3, 0.4) is 0 Å². The number of aliphatic hydroxyl groups is 1. The van der Waals surface area contributed by atoms with Crippen LogP contribution in [0.1, 0.15) is 12.8 Å². The lowest BCUT2D eigenvalue weighted by molar-refractivity contribution is 0.0228. The molecule has 1 aromatic rings. The fourth-order valence-electron chi connectivity index (χ4n) is 3.32. The van der Waals surface area contributed by atoms with Gasteiger partial charge in [0.15, 0.2) is 0 Å². The first-order valence-corrected chi connectivity index (χ1v) is 7.81. The topological polar surface area (TPSA) is 38.7 Å². The lowest BCUT2D eigenvalue weighted by Crippen LogP contribution is -2.45. The number of nitrogens with one attached hydrogen (secondary N) is 1. The number of halogens is 1. The Balaban J connectivity index is 1.57. The van der Waals surface area contributed by atoms with Gasteiger partial charge in [0, 0.05) is 45.0 Å². The lowest BCUT2D eigenvalue weighted by atomic mass is 10.0. The number of rotatable bonds is 3. The highest BCUT2D eigenvalue weighted by molar-refractivity contribution is 5.46. The summed E-state index contributed by atoms with van der Waals surface area (Å²) in [5.41, 5.74) is 0.518. The smallest absolute Gasteiger partial charge is 0.123 e. The molecule has 1 atom stereocenters. The van der Waals surface area contributed by atoms with E-state index in [1.54, 1.807) is 0 Å². The molecular weight excluding hydrogens is 269 g/mol. The Bertz CT molecular complexity index is 459. The SMILES string of the molecule is O[C@@]1(CN2CCCN(c3ccc(F)cc3)CC2)CCNC1. The molecule has 0 spiro atoms. The summed E-state index contributed by atoms with van der Waals surface area (Å²) < 4.78 is 13.0. The molecule has 2 heterocycles. The summed E-state index contributed by atoms with van der Waals surface area (Å²) in [5.74, 6) is -0.189. The van der Waals surface area contributed by atoms with E-state index >= 15 is 0 Å². The number of hydrogen-bond donors (Lipinski definition) is 2. The molecule has 0 amide bonds. The van der Waals surface area contributed by atoms with Gasteiger partial charge in [0.1, 0.15) is 5.82 Å². The zero-order valence-corrected chi connectivity index (χ0v) is 12.4. The minimum atomic E-state index is -0.564. The highest BCUT2D eigenvalue weighted by atomic mass is 19.1. The normalized spacial score (nSPS) is 27.8. The lowest BCUT2D eigenvalue weighted by Gasteiger charge is -2.30. The van der Waals surface area contributed by atoms with E-state index in [2.05, 4.69) is 15.1 Å². The fourth-order valence-corrected chi connectivity index (χ4v) is 3.32. The third-order valence-corrected chi connectivity index (χ3v) is 4.52. The third-order valence-electron chi connectivity index (χ3n) is 4.52. The van der Waals surface area contributed by atoms with Gasteiger partial charge in [-0.05, 0) is 43.7 Å². The molecule has 0 unspecified atom stereocenters. The minimum absolute atomic E-state index is 0.189. The van der Waals surface area contributed by atoms with Gasteiger partial charge in [0.25, 0.3) is 0 Å². The Morgan fingerprint density at radius 2 is 1.95 bits per heavy atom. The summed E-state index contributed by atoms with van der Waals surface area (Å²) in [6.45, 7) is 6.22. The highest BCUT2D eigenvalue weighted by Crippen LogP contribution is 2.20. The summed E-state index contributed by atoms with van der Waals surface area (Å²) in [5, 5.41) is 13.7. The fraction of sp³-hybridized carbons (Fsp3) is 0.625. The van der Waals surface area contributed by atoms with Crippen molar-refractivity contribution < 1.29 is 9.50 Å². The molecule has 2 N–H and O–H groups in total. The van der Waals surface area contributed by atoms with E-state index < -0.39 is 5.60 Å². The van der Waals surface area contributed by atoms with Gasteiger partial charge in [-0.15, -0.1) is 0 Å². The van der Waals surface area contributed by atoms with Gasteiger partial charge in [-0.3, -0.25) is 4.90 Å². The maximum absolute atomic E-state index is 13.0. The summed E-state index contributed by atoms with van der Waals surface area (Å²) in [7, 11) is 0. The largest absolute Gasteiger partial charge is 0.387 e. The van der Waals surface area contributed by atoms with Crippen LogP contribution in [-0.4, -0.2) is 61.4 Å². The predicted molar refractivity (Wildman–Crippen MR) is 82.1 cm³/mol. The summed E-state index contributed by atoms with van der Waals surface area (Å²) in [6.07, 6.45) is 1.91. The Morgan fingerprint density at radius 1 is 1.14 bits per heavy atom. The Kier molecular flexibility index (Phi) is 4.42. The maximum Gasteiger partial charge on any atom is 0.123 e. The van der Waals surface area contributed by atoms with Crippen LogP contribution in [0.4, 0.5) is 10.1 Å². The molecule has 1 aromatic carbocycles. The minimum Gasteiger partial charge on any atom is -0.387 e. The maximum atomic E-state index is 13.0. The summed E-state index contributed by atoms with van der Waals surface area (Å²) in [6, 6.07) is 6.73. The zero-order valence-electron chi connectivity index (χ0n) is 12.4. The van der Waals surface area contributed by atoms with Crippen molar-refractivity contribution >= 4 is 5.69 Å². The van der Waals surface area contributed by atoms with Crippen molar-refractivity contribution in [2.45, 2.75) is 18.4 Å². The van der Waals surface area contributed by atoms with Crippen LogP contribution >= 0.6 is 0 Å². The van der Waals surface area contributed by atoms with Gasteiger partial charge in [-0.2, -0.15) is 0 Å². The standard InChI is InChI=1S/C16H24FN3O/c17-14-2-4-15(5-3-14)20-9-1-8-19(10-11-20)13-16(21)6-7-18-12-16/h2-5,18,21H,1,6-13H2/t16-/m0/s1. The second kappa shape index (κ2) is 6.30. The van der Waals surface area contributed by atoms with Gasteiger partial charge < -0.3 is 15.3 Å². The highest BCUT2D eigenvalue weighted by Gasteiger charge is 2.33. The van der Waals surface area contributed by atoms with Crippen molar-refractivity contribution in [1.29, 1.82) is 0 Å². The number of β-amino-alcohol motifs (C(OH)–C–C–N with tert-alkyl or cyclic N) is 1. The number of nitrogens with zero attached hydrogens (tertiary/aromatic N) is 2. The van der Waals surface area contributed by atoms with Crippen molar-refractivity contribution in [1.82, 2.24) is 10.2 Å². The molecule has 21 heavy (non-hydrogen) atoms. The molecule has 0 aliphatic carbocycles. The molecule has 0 radical (unpaired) electrons. The predicted octanol–water partition coefficient (Wildman–Crippen LogP) is 1.06. The van der Waals surface area contributed by atoms with E-state index in [4.69, 9.17) is 0 Å². The van der Waals surface area contributed by atoms with Gasteiger partial charge >= 0.3 is 0 Å². The van der Waals surface area contributed by atoms with E-state index in [9.17, 15) is 9.50 Å². The van der Waals surface area contributed by atoms with Crippen LogP contribution in [0.5, 0.6) is 0 Å². The van der Waals surface area contributed by atoms with E-state index in [-0.39, 0.29) is 5.82 Å². The first-order valence-electron chi connectivity index (χ1n) is 7.81. The molecule has 116 valence electrons. The molecule has 0 aromatic heterocycles. The molecule has 5 heteroatoms. The Hall–Kier alpha value is -1.17. The second-order valence-corrected chi connectivity index (χ2v) is 6.24. The van der Waals surface area contributed by atoms with E-state index in [1.807, 2.05) is 12.1 Å². The molecule has 0 saturated carbocycles. The third kappa shape index (κ3) is 3.73. The van der Waals surface area contributed by atoms with Gasteiger partial charge in [-0.25, -0.2) is 4.39 Å². The summed E-state index contributed by atoms with van der Waals surface area (Å²) in [4.78, 5) is 4.66. The molecule has 2 aliphatic rings. The second-order valence-electron chi connectivity index (χ2n) is 6.24. The van der Waals surface area contributed by atoms with E-state index in [0.29, 0.717) is 6.54 Å². The molecule has 4 nitrogen and oxygen atoms in total. The molecule has 3 rings (SSSR count). The molecular formula is C16H24FN3O. The van der Waals surface area contributed by atoms with Crippen molar-refractivity contribution in [2.24, 2.45) is 0 Å². The van der Waals surface area contributed by atoms with E-state index in [1.165, 1.54) is 12.1 Å². The van der Waals surface area contributed by atoms with Crippen LogP contribution < -0.4 is 10.2 Å². The first kappa shape index (κ1) is 14.8. The number of hydrogen-bond acceptors (Lipinski definition) is 4. The van der Waals surface area contributed by atoms with Crippen LogP contribution in [0.2, 0.25) is 0 Å².